The zero-order chi connectivity index (χ0) is 29.1. The molecular formula is C30H38N2O8. The van der Waals surface area contributed by atoms with Gasteiger partial charge in [0.2, 0.25) is 5.78 Å². The fourth-order valence-electron chi connectivity index (χ4n) is 7.82. The minimum Gasteiger partial charge on any atom is -0.508 e. The number of phenolic OH excluding ortho intramolecular Hbond substituents is 1. The number of likely N-dealkylation sites (N-methyl/N-ethyl adjacent to an activating group) is 1. The highest BCUT2D eigenvalue weighted by molar-refractivity contribution is 6.24. The summed E-state index contributed by atoms with van der Waals surface area (Å²) in [7, 11) is 3.15. The van der Waals surface area contributed by atoms with E-state index in [0.717, 1.165) is 32.1 Å². The van der Waals surface area contributed by atoms with Crippen LogP contribution in [0.2, 0.25) is 0 Å². The molecule has 10 nitrogen and oxygen atoms in total. The lowest BCUT2D eigenvalue weighted by Gasteiger charge is -2.55. The van der Waals surface area contributed by atoms with E-state index < -0.39 is 64.1 Å². The summed E-state index contributed by atoms with van der Waals surface area (Å²) >= 11 is 0. The predicted octanol–water partition coefficient (Wildman–Crippen LogP) is 2.49. The number of Topliss-reactive ketones (excluding diaryl/α,β-unsaturated/α-hetero) is 2. The summed E-state index contributed by atoms with van der Waals surface area (Å²) in [6.45, 7) is 1.90. The van der Waals surface area contributed by atoms with Gasteiger partial charge in [-0.2, -0.15) is 0 Å². The fraction of sp³-hybridized carbons (Fsp3) is 0.567. The molecule has 10 heteroatoms. The quantitative estimate of drug-likeness (QED) is 0.318. The maximum atomic E-state index is 14.4. The molecule has 0 aliphatic heterocycles. The molecule has 2 fully saturated rings. The number of aliphatic hydroxyl groups is 3. The molecule has 6 N–H and O–H groups in total. The van der Waals surface area contributed by atoms with Crippen LogP contribution in [0.3, 0.4) is 0 Å². The number of primary amides is 1. The molecule has 216 valence electrons. The lowest BCUT2D eigenvalue weighted by molar-refractivity contribution is -0.176. The Balaban J connectivity index is 1.77. The van der Waals surface area contributed by atoms with Crippen molar-refractivity contribution in [1.82, 2.24) is 4.90 Å². The van der Waals surface area contributed by atoms with Crippen molar-refractivity contribution >= 4 is 23.2 Å². The lowest BCUT2D eigenvalue weighted by Crippen LogP contribution is -2.71. The van der Waals surface area contributed by atoms with Crippen LogP contribution in [0.15, 0.2) is 35.1 Å². The third kappa shape index (κ3) is 3.99. The first-order valence-corrected chi connectivity index (χ1v) is 14.0. The molecule has 1 amide bonds. The van der Waals surface area contributed by atoms with E-state index in [1.807, 2.05) is 6.07 Å². The zero-order valence-electron chi connectivity index (χ0n) is 23.1. The van der Waals surface area contributed by atoms with Gasteiger partial charge in [0.1, 0.15) is 22.8 Å². The second-order valence-electron chi connectivity index (χ2n) is 11.8. The Morgan fingerprint density at radius 3 is 2.40 bits per heavy atom. The first-order valence-electron chi connectivity index (χ1n) is 14.0. The Kier molecular flexibility index (Phi) is 7.31. The molecule has 4 aliphatic carbocycles. The largest absolute Gasteiger partial charge is 0.508 e. The number of hydrogen-bond acceptors (Lipinski definition) is 9. The van der Waals surface area contributed by atoms with Crippen LogP contribution in [0, 0.1) is 17.8 Å². The Hall–Kier alpha value is -3.21. The van der Waals surface area contributed by atoms with Crippen LogP contribution in [-0.2, 0) is 19.1 Å². The number of carbonyl (C=O) groups excluding carboxylic acids is 3. The highest BCUT2D eigenvalue weighted by Gasteiger charge is 2.69. The molecular weight excluding hydrogens is 516 g/mol. The minimum atomic E-state index is -2.77. The molecule has 0 bridgehead atoms. The standard InChI is InChI=1S/C30H38N2O8/c1-4-40-26-19-16(13-12-14-8-5-6-9-14)15-10-7-11-17(33)18(15)24(34)20(19)27(36)30(39)22(26)23(32(2)3)25(35)21(28(30)37)29(31)38/h7,10-11,14,16,19,22-23,26,33-34,37,39H,4-6,8-9,12-13H2,1-3H3,(H2,31,38)/t16-,19+,22+,23-,26-,30-/m1/s1. The molecule has 0 spiro atoms. The highest BCUT2D eigenvalue weighted by atomic mass is 16.5. The van der Waals surface area contributed by atoms with Crippen molar-refractivity contribution in [2.75, 3.05) is 20.7 Å². The number of aromatic hydroxyl groups is 1. The summed E-state index contributed by atoms with van der Waals surface area (Å²) in [5.41, 5.74) is 2.40. The molecule has 1 aromatic carbocycles. The number of rotatable bonds is 7. The number of amides is 1. The third-order valence-corrected chi connectivity index (χ3v) is 9.49. The Morgan fingerprint density at radius 1 is 1.12 bits per heavy atom. The summed E-state index contributed by atoms with van der Waals surface area (Å²) in [5, 5.41) is 45.7. The molecule has 0 aromatic heterocycles. The summed E-state index contributed by atoms with van der Waals surface area (Å²) < 4.78 is 6.26. The van der Waals surface area contributed by atoms with Gasteiger partial charge in [-0.3, -0.25) is 19.3 Å². The van der Waals surface area contributed by atoms with Crippen molar-refractivity contribution < 1.29 is 39.5 Å². The van der Waals surface area contributed by atoms with Crippen LogP contribution in [0.4, 0.5) is 0 Å². The Bertz CT molecular complexity index is 1310. The van der Waals surface area contributed by atoms with Crippen LogP contribution in [0.25, 0.3) is 5.76 Å². The Morgan fingerprint density at radius 2 is 1.80 bits per heavy atom. The van der Waals surface area contributed by atoms with Crippen molar-refractivity contribution in [1.29, 1.82) is 0 Å². The van der Waals surface area contributed by atoms with E-state index in [1.165, 1.54) is 11.0 Å². The number of carbonyl (C=O) groups is 3. The number of nitrogens with two attached hydrogens (primary N) is 1. The van der Waals surface area contributed by atoms with Gasteiger partial charge in [0.25, 0.3) is 5.91 Å². The second kappa shape index (κ2) is 10.3. The molecule has 6 atom stereocenters. The molecule has 0 saturated heterocycles. The summed E-state index contributed by atoms with van der Waals surface area (Å²) in [6.07, 6.45) is 5.02. The summed E-state index contributed by atoms with van der Waals surface area (Å²) in [5.74, 6) is -6.95. The average Bonchev–Trinajstić information content (AvgIpc) is 3.41. The molecule has 0 unspecified atom stereocenters. The van der Waals surface area contributed by atoms with E-state index in [0.29, 0.717) is 17.9 Å². The second-order valence-corrected chi connectivity index (χ2v) is 11.8. The van der Waals surface area contributed by atoms with Crippen LogP contribution in [0.1, 0.15) is 62.5 Å². The van der Waals surface area contributed by atoms with Crippen molar-refractivity contribution in [2.45, 2.75) is 69.1 Å². The highest BCUT2D eigenvalue weighted by Crippen LogP contribution is 2.58. The van der Waals surface area contributed by atoms with Crippen LogP contribution >= 0.6 is 0 Å². The number of nitrogens with zero attached hydrogens (tertiary/aromatic N) is 1. The van der Waals surface area contributed by atoms with Gasteiger partial charge in [0, 0.05) is 18.1 Å². The van der Waals surface area contributed by atoms with Gasteiger partial charge >= 0.3 is 0 Å². The van der Waals surface area contributed by atoms with E-state index >= 15 is 0 Å². The van der Waals surface area contributed by atoms with Crippen molar-refractivity contribution in [3.63, 3.8) is 0 Å². The first-order chi connectivity index (χ1) is 19.0. The molecule has 0 heterocycles. The van der Waals surface area contributed by atoms with Crippen LogP contribution in [0.5, 0.6) is 5.75 Å². The third-order valence-electron chi connectivity index (χ3n) is 9.49. The average molecular weight is 555 g/mol. The van der Waals surface area contributed by atoms with E-state index in [1.54, 1.807) is 27.1 Å². The zero-order valence-corrected chi connectivity index (χ0v) is 23.1. The predicted molar refractivity (Wildman–Crippen MR) is 145 cm³/mol. The summed E-state index contributed by atoms with van der Waals surface area (Å²) in [6, 6.07) is 3.69. The smallest absolute Gasteiger partial charge is 0.255 e. The number of benzene rings is 1. The SMILES string of the molecule is CCO[C@@H]1[C@@H]2C(=C(O)c3c(O)cccc3[C@H]2CCC2CCCC2)C(=O)[C@@]2(O)C(O)=C(C(N)=O)C(=O)[C@H](N(C)C)[C@@H]12. The molecule has 40 heavy (non-hydrogen) atoms. The van der Waals surface area contributed by atoms with Crippen molar-refractivity contribution in [2.24, 2.45) is 23.5 Å². The van der Waals surface area contributed by atoms with E-state index in [4.69, 9.17) is 10.5 Å². The molecule has 4 aliphatic rings. The van der Waals surface area contributed by atoms with Crippen LogP contribution in [-0.4, -0.2) is 81.2 Å². The van der Waals surface area contributed by atoms with Gasteiger partial charge < -0.3 is 30.9 Å². The number of phenols is 1. The van der Waals surface area contributed by atoms with Gasteiger partial charge in [-0.15, -0.1) is 0 Å². The summed E-state index contributed by atoms with van der Waals surface area (Å²) in [4.78, 5) is 41.8. The van der Waals surface area contributed by atoms with Gasteiger partial charge in [-0.1, -0.05) is 37.8 Å². The van der Waals surface area contributed by atoms with E-state index in [-0.39, 0.29) is 29.4 Å². The first kappa shape index (κ1) is 28.3. The molecule has 0 radical (unpaired) electrons. The maximum absolute atomic E-state index is 14.4. The topological polar surface area (TPSA) is 171 Å². The Labute approximate surface area is 233 Å². The normalized spacial score (nSPS) is 32.4. The van der Waals surface area contributed by atoms with Gasteiger partial charge in [0.15, 0.2) is 11.4 Å². The molecule has 5 rings (SSSR count). The minimum absolute atomic E-state index is 0.102. The molecule has 1 aromatic rings. The van der Waals surface area contributed by atoms with Crippen molar-refractivity contribution in [3.8, 4) is 5.75 Å². The number of fused-ring (bicyclic) bond motifs is 3. The van der Waals surface area contributed by atoms with Gasteiger partial charge in [-0.05, 0) is 57.3 Å². The number of hydrogen-bond donors (Lipinski definition) is 5. The van der Waals surface area contributed by atoms with E-state index in [9.17, 15) is 34.8 Å². The number of aliphatic hydroxyl groups excluding tert-OH is 2. The number of ketones is 2. The monoisotopic (exact) mass is 554 g/mol. The van der Waals surface area contributed by atoms with Gasteiger partial charge in [-0.25, -0.2) is 0 Å². The maximum Gasteiger partial charge on any atom is 0.255 e. The number of ether oxygens (including phenoxy) is 1. The molecule has 2 saturated carbocycles. The van der Waals surface area contributed by atoms with Crippen molar-refractivity contribution in [3.05, 3.63) is 46.2 Å². The lowest BCUT2D eigenvalue weighted by atomic mass is 9.53. The van der Waals surface area contributed by atoms with Gasteiger partial charge in [0.05, 0.1) is 23.6 Å². The van der Waals surface area contributed by atoms with Crippen LogP contribution < -0.4 is 5.73 Å². The van der Waals surface area contributed by atoms with E-state index in [2.05, 4.69) is 0 Å². The fourth-order valence-corrected chi connectivity index (χ4v) is 7.82.